The number of nitrogens with one attached hydrogen (secondary N) is 4. The Bertz CT molecular complexity index is 2090. The van der Waals surface area contributed by atoms with Gasteiger partial charge in [0.15, 0.2) is 0 Å². The Labute approximate surface area is 286 Å². The molecule has 4 aliphatic heterocycles. The Morgan fingerprint density at radius 1 is 0.804 bits per heavy atom. The van der Waals surface area contributed by atoms with Crippen LogP contribution < -0.4 is 21.3 Å². The number of rotatable bonds is 8. The molecule has 0 spiro atoms. The molecule has 7 rings (SSSR count). The lowest BCUT2D eigenvalue weighted by Crippen LogP contribution is -2.54. The lowest BCUT2D eigenvalue weighted by molar-refractivity contribution is -0.138. The number of hydrogen-bond donors (Lipinski definition) is 4. The maximum Gasteiger partial charge on any atom is 0.412 e. The van der Waals surface area contributed by atoms with Crippen molar-refractivity contribution in [3.05, 3.63) is 70.5 Å². The molecule has 51 heavy (non-hydrogen) atoms. The largest absolute Gasteiger partial charge is 0.443 e. The molecular formula is C32H27N9O10. The lowest BCUT2D eigenvalue weighted by atomic mass is 10.0. The Morgan fingerprint density at radius 3 is 2.18 bits per heavy atom. The van der Waals surface area contributed by atoms with Crippen LogP contribution in [0.2, 0.25) is 0 Å². The zero-order chi connectivity index (χ0) is 36.0. The van der Waals surface area contributed by atoms with Gasteiger partial charge in [-0.1, -0.05) is 17.3 Å². The molecule has 19 heteroatoms. The van der Waals surface area contributed by atoms with Gasteiger partial charge in [-0.15, -0.1) is 5.10 Å². The first-order chi connectivity index (χ1) is 24.5. The second kappa shape index (κ2) is 12.9. The van der Waals surface area contributed by atoms with E-state index in [4.69, 9.17) is 4.74 Å². The van der Waals surface area contributed by atoms with Gasteiger partial charge in [0.25, 0.3) is 17.7 Å². The molecule has 5 heterocycles. The number of anilines is 2. The summed E-state index contributed by atoms with van der Waals surface area (Å²) in [5.41, 5.74) is 1.24. The minimum absolute atomic E-state index is 0.000310. The van der Waals surface area contributed by atoms with Crippen LogP contribution in [0.25, 0.3) is 0 Å². The molecule has 0 saturated carbocycles. The molecule has 2 aromatic carbocycles. The highest BCUT2D eigenvalue weighted by atomic mass is 16.5. The minimum Gasteiger partial charge on any atom is -0.443 e. The van der Waals surface area contributed by atoms with E-state index in [0.29, 0.717) is 16.8 Å². The van der Waals surface area contributed by atoms with Gasteiger partial charge in [0.05, 0.1) is 23.0 Å². The van der Waals surface area contributed by atoms with Gasteiger partial charge < -0.3 is 15.0 Å². The fourth-order valence-electron chi connectivity index (χ4n) is 6.43. The number of carbonyl (C=O) groups excluding carboxylic acids is 9. The van der Waals surface area contributed by atoms with Crippen molar-refractivity contribution in [1.29, 1.82) is 0 Å². The minimum atomic E-state index is -1.16. The van der Waals surface area contributed by atoms with Crippen molar-refractivity contribution in [1.82, 2.24) is 35.4 Å². The normalized spacial score (nSPS) is 19.8. The first-order valence-corrected chi connectivity index (χ1v) is 15.7. The van der Waals surface area contributed by atoms with E-state index in [1.54, 1.807) is 18.2 Å². The molecule has 0 aliphatic carbocycles. The van der Waals surface area contributed by atoms with Gasteiger partial charge in [-0.3, -0.25) is 59.2 Å². The average Bonchev–Trinajstić information content (AvgIpc) is 3.75. The van der Waals surface area contributed by atoms with E-state index in [1.807, 2.05) is 0 Å². The van der Waals surface area contributed by atoms with Crippen molar-refractivity contribution < 1.29 is 47.9 Å². The van der Waals surface area contributed by atoms with E-state index in [9.17, 15) is 43.2 Å². The lowest BCUT2D eigenvalue weighted by Gasteiger charge is -2.29. The van der Waals surface area contributed by atoms with Gasteiger partial charge in [0.2, 0.25) is 29.5 Å². The molecule has 3 aromatic rings. The fourth-order valence-corrected chi connectivity index (χ4v) is 6.43. The van der Waals surface area contributed by atoms with Crippen LogP contribution in [0.1, 0.15) is 68.0 Å². The summed E-state index contributed by atoms with van der Waals surface area (Å²) in [6, 6.07) is 7.05. The van der Waals surface area contributed by atoms with Crippen molar-refractivity contribution in [2.24, 2.45) is 0 Å². The zero-order valence-electron chi connectivity index (χ0n) is 26.5. The van der Waals surface area contributed by atoms with E-state index in [2.05, 4.69) is 31.6 Å². The van der Waals surface area contributed by atoms with Gasteiger partial charge in [-0.05, 0) is 37.1 Å². The van der Waals surface area contributed by atoms with Gasteiger partial charge in [0, 0.05) is 36.2 Å². The molecule has 260 valence electrons. The fraction of sp³-hybridized carbons (Fsp3) is 0.281. The quantitative estimate of drug-likeness (QED) is 0.224. The molecule has 4 N–H and O–H groups in total. The molecule has 2 fully saturated rings. The van der Waals surface area contributed by atoms with E-state index in [0.717, 1.165) is 9.58 Å². The molecule has 2 unspecified atom stereocenters. The first kappa shape index (κ1) is 32.7. The number of aromatic nitrogens is 3. The molecule has 2 saturated heterocycles. The highest BCUT2D eigenvalue weighted by molar-refractivity contribution is 6.26. The molecule has 0 radical (unpaired) electrons. The molecule has 19 nitrogen and oxygen atoms in total. The third-order valence-electron chi connectivity index (χ3n) is 8.80. The van der Waals surface area contributed by atoms with Gasteiger partial charge in [-0.25, -0.2) is 9.48 Å². The molecule has 4 aliphatic rings. The zero-order valence-corrected chi connectivity index (χ0v) is 26.5. The second-order valence-corrected chi connectivity index (χ2v) is 12.1. The summed E-state index contributed by atoms with van der Waals surface area (Å²) in [6.07, 6.45) is 0.737. The summed E-state index contributed by atoms with van der Waals surface area (Å²) in [6.45, 7) is -0.653. The maximum absolute atomic E-state index is 13.3. The van der Waals surface area contributed by atoms with Crippen LogP contribution in [-0.2, 0) is 48.4 Å². The van der Waals surface area contributed by atoms with Crippen LogP contribution in [0, 0.1) is 0 Å². The van der Waals surface area contributed by atoms with Crippen LogP contribution in [0.3, 0.4) is 0 Å². The number of hydrogen-bond acceptors (Lipinski definition) is 12. The van der Waals surface area contributed by atoms with Crippen LogP contribution >= 0.6 is 0 Å². The third-order valence-corrected chi connectivity index (χ3v) is 8.80. The van der Waals surface area contributed by atoms with Crippen LogP contribution in [0.15, 0.2) is 42.6 Å². The Kier molecular flexibility index (Phi) is 8.29. The Hall–Kier alpha value is -6.79. The van der Waals surface area contributed by atoms with Crippen molar-refractivity contribution in [3.63, 3.8) is 0 Å². The summed E-state index contributed by atoms with van der Waals surface area (Å²) < 4.78 is 6.43. The molecule has 9 amide bonds. The number of benzene rings is 2. The van der Waals surface area contributed by atoms with E-state index >= 15 is 0 Å². The summed E-state index contributed by atoms with van der Waals surface area (Å²) in [5.74, 6) is -4.74. The van der Waals surface area contributed by atoms with Crippen molar-refractivity contribution in [2.75, 3.05) is 10.6 Å². The second-order valence-electron chi connectivity index (χ2n) is 12.1. The number of amides is 9. The Balaban J connectivity index is 0.938. The number of piperidine rings is 2. The number of carbonyl (C=O) groups is 9. The van der Waals surface area contributed by atoms with Gasteiger partial charge >= 0.3 is 6.09 Å². The summed E-state index contributed by atoms with van der Waals surface area (Å²) in [7, 11) is 0. The SMILES string of the molecule is O=C1CCC(N2Cc3c(NC(=O)OCc4cn(CC(=O)Nc5cccc6c5C(=O)N(C5CCC(=O)NC5=O)C6=O)nn4)cccc3C2=O)C(=O)N1. The van der Waals surface area contributed by atoms with E-state index in [1.165, 1.54) is 29.3 Å². The predicted octanol–water partition coefficient (Wildman–Crippen LogP) is -0.172. The number of ether oxygens (including phenoxy) is 1. The van der Waals surface area contributed by atoms with Gasteiger partial charge in [0.1, 0.15) is 30.9 Å². The van der Waals surface area contributed by atoms with Crippen molar-refractivity contribution in [2.45, 2.75) is 57.5 Å². The summed E-state index contributed by atoms with van der Waals surface area (Å²) >= 11 is 0. The number of imide groups is 3. The highest BCUT2D eigenvalue weighted by Gasteiger charge is 2.46. The molecule has 0 bridgehead atoms. The highest BCUT2D eigenvalue weighted by Crippen LogP contribution is 2.34. The van der Waals surface area contributed by atoms with Crippen molar-refractivity contribution in [3.8, 4) is 0 Å². The predicted molar refractivity (Wildman–Crippen MR) is 168 cm³/mol. The first-order valence-electron chi connectivity index (χ1n) is 15.7. The number of nitrogens with zero attached hydrogens (tertiary/aromatic N) is 5. The van der Waals surface area contributed by atoms with Gasteiger partial charge in [-0.2, -0.15) is 0 Å². The topological polar surface area (TPSA) is 248 Å². The van der Waals surface area contributed by atoms with E-state index in [-0.39, 0.29) is 67.9 Å². The van der Waals surface area contributed by atoms with Crippen LogP contribution in [0.4, 0.5) is 16.2 Å². The van der Waals surface area contributed by atoms with Crippen LogP contribution in [-0.4, -0.2) is 90.2 Å². The third kappa shape index (κ3) is 6.15. The number of fused-ring (bicyclic) bond motifs is 2. The van der Waals surface area contributed by atoms with Crippen molar-refractivity contribution >= 4 is 64.7 Å². The standard InChI is InChI=1S/C32H27N9O10/c42-23-9-7-21(27(45)35-23)40-12-18-16(29(40)47)3-1-5-19(18)34-32(50)51-14-15-11-39(38-37-15)13-25(44)33-20-6-2-4-17-26(20)31(49)41(30(17)48)22-8-10-24(43)36-28(22)46/h1-6,11,21-22H,7-10,12-14H2,(H,33,44)(H,34,50)(H,35,42,45)(H,36,43,46). The summed E-state index contributed by atoms with van der Waals surface area (Å²) in [4.78, 5) is 115. The smallest absolute Gasteiger partial charge is 0.412 e. The van der Waals surface area contributed by atoms with E-state index < -0.39 is 65.4 Å². The molecule has 2 atom stereocenters. The molecular weight excluding hydrogens is 670 g/mol. The maximum atomic E-state index is 13.3. The average molecular weight is 698 g/mol. The van der Waals surface area contributed by atoms with Crippen LogP contribution in [0.5, 0.6) is 0 Å². The monoisotopic (exact) mass is 697 g/mol. The Morgan fingerprint density at radius 2 is 1.47 bits per heavy atom. The molecule has 1 aromatic heterocycles. The summed E-state index contributed by atoms with van der Waals surface area (Å²) in [5, 5.41) is 17.3.